The van der Waals surface area contributed by atoms with Gasteiger partial charge in [0.2, 0.25) is 3.79 Å². The zero-order valence-electron chi connectivity index (χ0n) is 11.3. The molecule has 1 N–H and O–H groups in total. The molecule has 0 bridgehead atoms. The van der Waals surface area contributed by atoms with Gasteiger partial charge in [0.05, 0.1) is 6.61 Å². The summed E-state index contributed by atoms with van der Waals surface area (Å²) >= 11 is 17.2. The second kappa shape index (κ2) is 7.74. The van der Waals surface area contributed by atoms with Crippen molar-refractivity contribution in [1.29, 1.82) is 0 Å². The number of benzene rings is 1. The lowest BCUT2D eigenvalue weighted by Crippen LogP contribution is -2.08. The maximum atomic E-state index is 8.75. The van der Waals surface area contributed by atoms with Gasteiger partial charge in [-0.15, -0.1) is 0 Å². The third-order valence-corrected chi connectivity index (χ3v) is 2.99. The van der Waals surface area contributed by atoms with Gasteiger partial charge in [-0.25, -0.2) is 15.0 Å². The number of aromatic nitrogens is 3. The number of nitrogens with zero attached hydrogens (tertiary/aromatic N) is 3. The standard InChI is InChI=1S/C14H12Cl3N3O2/c15-14(16,17)13-19-9-18-12(20-13)5-4-10-2-1-3-11(8-10)22-7-6-21/h1-5,8-9,21H,6-7H2. The number of hydrogen-bond acceptors (Lipinski definition) is 5. The van der Waals surface area contributed by atoms with E-state index in [1.54, 1.807) is 18.2 Å². The second-order valence-corrected chi connectivity index (χ2v) is 6.42. The van der Waals surface area contributed by atoms with Crippen LogP contribution in [-0.2, 0) is 3.79 Å². The van der Waals surface area contributed by atoms with Crippen molar-refractivity contribution in [3.63, 3.8) is 0 Å². The monoisotopic (exact) mass is 359 g/mol. The number of rotatable bonds is 5. The molecule has 5 nitrogen and oxygen atoms in total. The first kappa shape index (κ1) is 17.0. The van der Waals surface area contributed by atoms with E-state index in [1.807, 2.05) is 18.2 Å². The molecule has 0 fully saturated rings. The SMILES string of the molecule is OCCOc1cccc(C=Cc2ncnc(C(Cl)(Cl)Cl)n2)c1. The molecule has 0 saturated heterocycles. The second-order valence-electron chi connectivity index (χ2n) is 4.14. The van der Waals surface area contributed by atoms with Gasteiger partial charge in [0, 0.05) is 0 Å². The highest BCUT2D eigenvalue weighted by Gasteiger charge is 2.26. The molecule has 0 unspecified atom stereocenters. The molecule has 0 spiro atoms. The number of alkyl halides is 3. The van der Waals surface area contributed by atoms with Crippen LogP contribution in [0.3, 0.4) is 0 Å². The van der Waals surface area contributed by atoms with Gasteiger partial charge in [-0.3, -0.25) is 0 Å². The minimum Gasteiger partial charge on any atom is -0.491 e. The van der Waals surface area contributed by atoms with Crippen molar-refractivity contribution < 1.29 is 9.84 Å². The fourth-order valence-corrected chi connectivity index (χ4v) is 1.84. The molecule has 1 aromatic heterocycles. The minimum absolute atomic E-state index is 0.0370. The van der Waals surface area contributed by atoms with Crippen molar-refractivity contribution in [1.82, 2.24) is 15.0 Å². The molecule has 8 heteroatoms. The fourth-order valence-electron chi connectivity index (χ4n) is 1.57. The topological polar surface area (TPSA) is 68.1 Å². The number of aliphatic hydroxyl groups is 1. The lowest BCUT2D eigenvalue weighted by molar-refractivity contribution is 0.201. The Bertz CT molecular complexity index is 660. The summed E-state index contributed by atoms with van der Waals surface area (Å²) in [6, 6.07) is 7.35. The van der Waals surface area contributed by atoms with Crippen LogP contribution in [-0.4, -0.2) is 33.3 Å². The van der Waals surface area contributed by atoms with Gasteiger partial charge in [0.1, 0.15) is 18.7 Å². The van der Waals surface area contributed by atoms with Gasteiger partial charge in [-0.1, -0.05) is 53.0 Å². The molecule has 116 valence electrons. The summed E-state index contributed by atoms with van der Waals surface area (Å²) in [4.78, 5) is 11.9. The Morgan fingerprint density at radius 1 is 1.18 bits per heavy atom. The molecule has 22 heavy (non-hydrogen) atoms. The summed E-state index contributed by atoms with van der Waals surface area (Å²) in [7, 11) is 0. The maximum Gasteiger partial charge on any atom is 0.250 e. The summed E-state index contributed by atoms with van der Waals surface area (Å²) in [6.45, 7) is 0.206. The Kier molecular flexibility index (Phi) is 5.97. The first-order valence-corrected chi connectivity index (χ1v) is 7.40. The van der Waals surface area contributed by atoms with Crippen LogP contribution in [0.1, 0.15) is 17.2 Å². The van der Waals surface area contributed by atoms with E-state index in [4.69, 9.17) is 44.6 Å². The van der Waals surface area contributed by atoms with E-state index in [1.165, 1.54) is 6.33 Å². The van der Waals surface area contributed by atoms with Crippen molar-refractivity contribution in [2.75, 3.05) is 13.2 Å². The van der Waals surface area contributed by atoms with Gasteiger partial charge < -0.3 is 9.84 Å². The highest BCUT2D eigenvalue weighted by Crippen LogP contribution is 2.35. The van der Waals surface area contributed by atoms with Crippen molar-refractivity contribution in [2.24, 2.45) is 0 Å². The van der Waals surface area contributed by atoms with Crippen LogP contribution in [0.4, 0.5) is 0 Å². The molecule has 2 aromatic rings. The van der Waals surface area contributed by atoms with E-state index in [0.717, 1.165) is 5.56 Å². The third-order valence-electron chi connectivity index (χ3n) is 2.49. The van der Waals surface area contributed by atoms with Crippen molar-refractivity contribution in [3.05, 3.63) is 47.8 Å². The van der Waals surface area contributed by atoms with Crippen molar-refractivity contribution >= 4 is 47.0 Å². The van der Waals surface area contributed by atoms with Crippen LogP contribution < -0.4 is 4.74 Å². The fraction of sp³-hybridized carbons (Fsp3) is 0.214. The Morgan fingerprint density at radius 3 is 2.73 bits per heavy atom. The normalized spacial score (nSPS) is 11.8. The summed E-state index contributed by atoms with van der Waals surface area (Å²) in [5, 5.41) is 8.75. The number of aliphatic hydroxyl groups excluding tert-OH is 1. The molecule has 2 rings (SSSR count). The third kappa shape index (κ3) is 5.10. The van der Waals surface area contributed by atoms with Crippen molar-refractivity contribution in [2.45, 2.75) is 3.79 Å². The first-order valence-electron chi connectivity index (χ1n) is 6.27. The Morgan fingerprint density at radius 2 is 2.00 bits per heavy atom. The van der Waals surface area contributed by atoms with Gasteiger partial charge >= 0.3 is 0 Å². The molecule has 0 amide bonds. The zero-order valence-corrected chi connectivity index (χ0v) is 13.6. The van der Waals surface area contributed by atoms with Gasteiger partial charge in [0.15, 0.2) is 11.6 Å². The van der Waals surface area contributed by atoms with E-state index in [0.29, 0.717) is 11.6 Å². The van der Waals surface area contributed by atoms with Gasteiger partial charge in [-0.05, 0) is 23.8 Å². The van der Waals surface area contributed by atoms with E-state index < -0.39 is 3.79 Å². The van der Waals surface area contributed by atoms with Crippen LogP contribution in [0.25, 0.3) is 12.2 Å². The molecule has 0 radical (unpaired) electrons. The van der Waals surface area contributed by atoms with Gasteiger partial charge in [-0.2, -0.15) is 0 Å². The summed E-state index contributed by atoms with van der Waals surface area (Å²) in [5.74, 6) is 1.10. The number of halogens is 3. The van der Waals surface area contributed by atoms with Crippen LogP contribution in [0.2, 0.25) is 0 Å². The molecule has 0 saturated carbocycles. The Balaban J connectivity index is 2.15. The number of ether oxygens (including phenoxy) is 1. The average molecular weight is 361 g/mol. The first-order chi connectivity index (χ1) is 10.5. The summed E-state index contributed by atoms with van der Waals surface area (Å²) in [5.41, 5.74) is 0.881. The van der Waals surface area contributed by atoms with Crippen LogP contribution in [0.15, 0.2) is 30.6 Å². The van der Waals surface area contributed by atoms with Gasteiger partial charge in [0.25, 0.3) is 0 Å². The Labute approximate surface area is 142 Å². The van der Waals surface area contributed by atoms with Crippen LogP contribution >= 0.6 is 34.8 Å². The average Bonchev–Trinajstić information content (AvgIpc) is 2.51. The maximum absolute atomic E-state index is 8.75. The quantitative estimate of drug-likeness (QED) is 0.829. The van der Waals surface area contributed by atoms with E-state index in [9.17, 15) is 0 Å². The van der Waals surface area contributed by atoms with Crippen LogP contribution in [0, 0.1) is 0 Å². The zero-order chi connectivity index (χ0) is 16.0. The molecule has 0 atom stereocenters. The smallest absolute Gasteiger partial charge is 0.250 e. The highest BCUT2D eigenvalue weighted by molar-refractivity contribution is 6.66. The predicted octanol–water partition coefficient (Wildman–Crippen LogP) is 3.24. The molecule has 0 aliphatic rings. The molecule has 1 aromatic carbocycles. The molecular weight excluding hydrogens is 349 g/mol. The van der Waals surface area contributed by atoms with Crippen LogP contribution in [0.5, 0.6) is 5.75 Å². The Hall–Kier alpha value is -1.40. The van der Waals surface area contributed by atoms with E-state index in [2.05, 4.69) is 15.0 Å². The van der Waals surface area contributed by atoms with E-state index in [-0.39, 0.29) is 19.0 Å². The molecule has 0 aliphatic carbocycles. The highest BCUT2D eigenvalue weighted by atomic mass is 35.6. The summed E-state index contributed by atoms with van der Waals surface area (Å²) < 4.78 is 3.64. The largest absolute Gasteiger partial charge is 0.491 e. The summed E-state index contributed by atoms with van der Waals surface area (Å²) in [6.07, 6.45) is 4.75. The predicted molar refractivity (Wildman–Crippen MR) is 87.0 cm³/mol. The van der Waals surface area contributed by atoms with Crippen molar-refractivity contribution in [3.8, 4) is 5.75 Å². The van der Waals surface area contributed by atoms with E-state index >= 15 is 0 Å². The molecule has 1 heterocycles. The lowest BCUT2D eigenvalue weighted by atomic mass is 10.2. The lowest BCUT2D eigenvalue weighted by Gasteiger charge is -2.08. The number of hydrogen-bond donors (Lipinski definition) is 1. The molecular formula is C14H12Cl3N3O2. The molecule has 0 aliphatic heterocycles. The minimum atomic E-state index is -1.69.